The minimum absolute atomic E-state index is 0.226. The summed E-state index contributed by atoms with van der Waals surface area (Å²) in [5, 5.41) is 6.02. The second-order valence-corrected chi connectivity index (χ2v) is 6.09. The topological polar surface area (TPSA) is 72.5 Å². The number of hydrogen-bond donors (Lipinski definition) is 2. The molecule has 3 aromatic rings. The number of carbonyl (C=O) groups excluding carboxylic acids is 1. The minimum Gasteiger partial charge on any atom is -0.497 e. The lowest BCUT2D eigenvalue weighted by Crippen LogP contribution is -2.13. The smallest absolute Gasteiger partial charge is 0.256 e. The van der Waals surface area contributed by atoms with Crippen molar-refractivity contribution >= 4 is 23.2 Å². The van der Waals surface area contributed by atoms with Gasteiger partial charge in [-0.3, -0.25) is 4.79 Å². The van der Waals surface area contributed by atoms with Gasteiger partial charge >= 0.3 is 0 Å². The lowest BCUT2D eigenvalue weighted by molar-refractivity contribution is 0.102. The second-order valence-electron chi connectivity index (χ2n) is 6.09. The molecule has 3 rings (SSSR count). The number of carbonyl (C=O) groups is 1. The summed E-state index contributed by atoms with van der Waals surface area (Å²) < 4.78 is 10.7. The number of rotatable bonds is 8. The molecule has 2 aromatic carbocycles. The average Bonchev–Trinajstić information content (AvgIpc) is 2.73. The molecule has 0 saturated heterocycles. The monoisotopic (exact) mass is 377 g/mol. The van der Waals surface area contributed by atoms with Crippen molar-refractivity contribution in [2.24, 2.45) is 0 Å². The number of amides is 1. The zero-order chi connectivity index (χ0) is 19.8. The van der Waals surface area contributed by atoms with Crippen LogP contribution in [0, 0.1) is 0 Å². The predicted molar refractivity (Wildman–Crippen MR) is 111 cm³/mol. The molecule has 6 nitrogen and oxygen atoms in total. The summed E-state index contributed by atoms with van der Waals surface area (Å²) in [6.07, 6.45) is 0.939. The number of hydrogen-bond acceptors (Lipinski definition) is 5. The molecule has 0 spiro atoms. The fourth-order valence-corrected chi connectivity index (χ4v) is 2.51. The highest BCUT2D eigenvalue weighted by Gasteiger charge is 2.08. The first-order chi connectivity index (χ1) is 13.7. The molecule has 144 valence electrons. The molecule has 0 atom stereocenters. The first-order valence-corrected chi connectivity index (χ1v) is 9.10. The Morgan fingerprint density at radius 2 is 1.61 bits per heavy atom. The zero-order valence-electron chi connectivity index (χ0n) is 15.9. The van der Waals surface area contributed by atoms with Gasteiger partial charge < -0.3 is 20.1 Å². The zero-order valence-corrected chi connectivity index (χ0v) is 15.9. The molecular weight excluding hydrogens is 354 g/mol. The molecular formula is C22H23N3O3. The Bertz CT molecular complexity index is 909. The summed E-state index contributed by atoms with van der Waals surface area (Å²) in [7, 11) is 1.63. The number of nitrogens with one attached hydrogen (secondary N) is 2. The Morgan fingerprint density at radius 3 is 2.29 bits per heavy atom. The third-order valence-corrected chi connectivity index (χ3v) is 3.94. The van der Waals surface area contributed by atoms with Gasteiger partial charge in [-0.15, -0.1) is 0 Å². The van der Waals surface area contributed by atoms with Crippen LogP contribution in [0.25, 0.3) is 0 Å². The van der Waals surface area contributed by atoms with E-state index in [0.717, 1.165) is 23.6 Å². The lowest BCUT2D eigenvalue weighted by Gasteiger charge is -2.10. The molecule has 0 aliphatic heterocycles. The van der Waals surface area contributed by atoms with Crippen LogP contribution in [0.1, 0.15) is 23.7 Å². The summed E-state index contributed by atoms with van der Waals surface area (Å²) in [5.41, 5.74) is 1.42. The highest BCUT2D eigenvalue weighted by atomic mass is 16.5. The molecule has 1 aromatic heterocycles. The largest absolute Gasteiger partial charge is 0.497 e. The molecule has 2 N–H and O–H groups in total. The average molecular weight is 377 g/mol. The van der Waals surface area contributed by atoms with Crippen LogP contribution in [0.2, 0.25) is 0 Å². The van der Waals surface area contributed by atoms with E-state index in [2.05, 4.69) is 15.6 Å². The van der Waals surface area contributed by atoms with Gasteiger partial charge in [0.2, 0.25) is 0 Å². The van der Waals surface area contributed by atoms with E-state index in [0.29, 0.717) is 23.8 Å². The van der Waals surface area contributed by atoms with Crippen LogP contribution in [0.5, 0.6) is 11.5 Å². The maximum absolute atomic E-state index is 12.5. The summed E-state index contributed by atoms with van der Waals surface area (Å²) >= 11 is 0. The standard InChI is InChI=1S/C22H23N3O3/c1-3-15-28-19-11-7-16(8-12-19)22(26)25-21-6-4-5-20(24-21)23-17-9-13-18(27-2)14-10-17/h4-14H,3,15H2,1-2H3,(H2,23,24,25,26). The number of methoxy groups -OCH3 is 1. The highest BCUT2D eigenvalue weighted by Crippen LogP contribution is 2.20. The van der Waals surface area contributed by atoms with Crippen LogP contribution in [-0.2, 0) is 0 Å². The molecule has 0 aliphatic rings. The molecule has 0 unspecified atom stereocenters. The van der Waals surface area contributed by atoms with Gasteiger partial charge in [-0.25, -0.2) is 4.98 Å². The maximum Gasteiger partial charge on any atom is 0.256 e. The van der Waals surface area contributed by atoms with E-state index < -0.39 is 0 Å². The van der Waals surface area contributed by atoms with E-state index >= 15 is 0 Å². The SMILES string of the molecule is CCCOc1ccc(C(=O)Nc2cccc(Nc3ccc(OC)cc3)n2)cc1. The molecule has 0 bridgehead atoms. The van der Waals surface area contributed by atoms with Gasteiger partial charge in [-0.05, 0) is 67.1 Å². The third-order valence-electron chi connectivity index (χ3n) is 3.94. The van der Waals surface area contributed by atoms with Crippen molar-refractivity contribution < 1.29 is 14.3 Å². The van der Waals surface area contributed by atoms with Crippen molar-refractivity contribution in [2.45, 2.75) is 13.3 Å². The fourth-order valence-electron chi connectivity index (χ4n) is 2.51. The van der Waals surface area contributed by atoms with E-state index in [1.54, 1.807) is 37.4 Å². The number of nitrogens with zero attached hydrogens (tertiary/aromatic N) is 1. The van der Waals surface area contributed by atoms with Crippen LogP contribution in [0.15, 0.2) is 66.7 Å². The van der Waals surface area contributed by atoms with Crippen molar-refractivity contribution in [3.63, 3.8) is 0 Å². The van der Waals surface area contributed by atoms with Crippen molar-refractivity contribution in [1.29, 1.82) is 0 Å². The van der Waals surface area contributed by atoms with Crippen LogP contribution in [-0.4, -0.2) is 24.6 Å². The Kier molecular flexibility index (Phi) is 6.46. The van der Waals surface area contributed by atoms with Crippen LogP contribution in [0.3, 0.4) is 0 Å². The van der Waals surface area contributed by atoms with Gasteiger partial charge in [-0.1, -0.05) is 13.0 Å². The van der Waals surface area contributed by atoms with Gasteiger partial charge in [-0.2, -0.15) is 0 Å². The second kappa shape index (κ2) is 9.41. The number of pyridine rings is 1. The van der Waals surface area contributed by atoms with Crippen LogP contribution in [0.4, 0.5) is 17.3 Å². The summed E-state index contributed by atoms with van der Waals surface area (Å²) in [6.45, 7) is 2.70. The van der Waals surface area contributed by atoms with E-state index in [-0.39, 0.29) is 5.91 Å². The van der Waals surface area contributed by atoms with E-state index in [4.69, 9.17) is 9.47 Å². The summed E-state index contributed by atoms with van der Waals surface area (Å²) in [4.78, 5) is 16.9. The predicted octanol–water partition coefficient (Wildman–Crippen LogP) is 4.87. The Morgan fingerprint density at radius 1 is 0.929 bits per heavy atom. The lowest BCUT2D eigenvalue weighted by atomic mass is 10.2. The number of benzene rings is 2. The first kappa shape index (κ1) is 19.2. The number of aromatic nitrogens is 1. The Hall–Kier alpha value is -3.54. The Balaban J connectivity index is 1.63. The van der Waals surface area contributed by atoms with Crippen LogP contribution >= 0.6 is 0 Å². The fraction of sp³-hybridized carbons (Fsp3) is 0.182. The van der Waals surface area contributed by atoms with E-state index in [9.17, 15) is 4.79 Å². The number of anilines is 3. The molecule has 0 aliphatic carbocycles. The van der Waals surface area contributed by atoms with Gasteiger partial charge in [0.15, 0.2) is 0 Å². The maximum atomic E-state index is 12.5. The first-order valence-electron chi connectivity index (χ1n) is 9.10. The molecule has 0 saturated carbocycles. The van der Waals surface area contributed by atoms with Crippen molar-refractivity contribution in [2.75, 3.05) is 24.4 Å². The normalized spacial score (nSPS) is 10.2. The minimum atomic E-state index is -0.226. The molecule has 6 heteroatoms. The van der Waals surface area contributed by atoms with Gasteiger partial charge in [0, 0.05) is 11.3 Å². The molecule has 1 amide bonds. The van der Waals surface area contributed by atoms with Gasteiger partial charge in [0.05, 0.1) is 13.7 Å². The van der Waals surface area contributed by atoms with Crippen molar-refractivity contribution in [3.8, 4) is 11.5 Å². The quantitative estimate of drug-likeness (QED) is 0.586. The highest BCUT2D eigenvalue weighted by molar-refractivity contribution is 6.03. The third kappa shape index (κ3) is 5.23. The molecule has 0 fully saturated rings. The van der Waals surface area contributed by atoms with Gasteiger partial charge in [0.1, 0.15) is 23.1 Å². The van der Waals surface area contributed by atoms with Crippen LogP contribution < -0.4 is 20.1 Å². The molecule has 28 heavy (non-hydrogen) atoms. The van der Waals surface area contributed by atoms with Crippen molar-refractivity contribution in [3.05, 3.63) is 72.3 Å². The van der Waals surface area contributed by atoms with Crippen molar-refractivity contribution in [1.82, 2.24) is 4.98 Å². The summed E-state index contributed by atoms with van der Waals surface area (Å²) in [6, 6.07) is 20.0. The molecule has 1 heterocycles. The van der Waals surface area contributed by atoms with E-state index in [1.165, 1.54) is 0 Å². The van der Waals surface area contributed by atoms with E-state index in [1.807, 2.05) is 43.3 Å². The van der Waals surface area contributed by atoms with Gasteiger partial charge in [0.25, 0.3) is 5.91 Å². The Labute approximate surface area is 164 Å². The number of ether oxygens (including phenoxy) is 2. The molecule has 0 radical (unpaired) electrons. The summed E-state index contributed by atoms with van der Waals surface area (Å²) in [5.74, 6) is 2.41.